The highest BCUT2D eigenvalue weighted by atomic mass is 32.1. The fraction of sp³-hybridized carbons (Fsp3) is 0.214. The molecule has 0 N–H and O–H groups in total. The van der Waals surface area contributed by atoms with Crippen molar-refractivity contribution in [3.63, 3.8) is 0 Å². The van der Waals surface area contributed by atoms with Crippen LogP contribution in [0.3, 0.4) is 0 Å². The van der Waals surface area contributed by atoms with Gasteiger partial charge in [-0.1, -0.05) is 18.2 Å². The van der Waals surface area contributed by atoms with E-state index in [1.165, 1.54) is 0 Å². The molecule has 3 aromatic rings. The van der Waals surface area contributed by atoms with Crippen molar-refractivity contribution in [2.75, 3.05) is 6.61 Å². The predicted octanol–water partition coefficient (Wildman–Crippen LogP) is 2.24. The molecule has 7 heteroatoms. The Hall–Kier alpha value is -2.41. The van der Waals surface area contributed by atoms with Crippen molar-refractivity contribution in [2.45, 2.75) is 12.6 Å². The number of thiophene rings is 1. The number of tetrazole rings is 1. The molecule has 1 aliphatic heterocycles. The van der Waals surface area contributed by atoms with Crippen molar-refractivity contribution in [3.05, 3.63) is 41.8 Å². The normalized spacial score (nSPS) is 16.9. The Bertz CT molecular complexity index is 741. The summed E-state index contributed by atoms with van der Waals surface area (Å²) in [6.45, 7) is 0.986. The zero-order valence-corrected chi connectivity index (χ0v) is 11.9. The third-order valence-electron chi connectivity index (χ3n) is 3.13. The molecule has 0 aliphatic carbocycles. The van der Waals surface area contributed by atoms with Gasteiger partial charge in [-0.05, 0) is 28.8 Å². The number of rotatable bonds is 3. The summed E-state index contributed by atoms with van der Waals surface area (Å²) in [6, 6.07) is 11.6. The van der Waals surface area contributed by atoms with Gasteiger partial charge >= 0.3 is 0 Å². The van der Waals surface area contributed by atoms with Crippen LogP contribution >= 0.6 is 11.3 Å². The van der Waals surface area contributed by atoms with E-state index in [9.17, 15) is 0 Å². The van der Waals surface area contributed by atoms with Crippen LogP contribution in [0.4, 0.5) is 0 Å². The molecular weight excluding hydrogens is 288 g/mol. The van der Waals surface area contributed by atoms with Crippen LogP contribution < -0.4 is 9.47 Å². The fourth-order valence-electron chi connectivity index (χ4n) is 2.16. The van der Waals surface area contributed by atoms with Crippen LogP contribution in [-0.2, 0) is 6.54 Å². The zero-order chi connectivity index (χ0) is 14.1. The van der Waals surface area contributed by atoms with E-state index >= 15 is 0 Å². The zero-order valence-electron chi connectivity index (χ0n) is 11.0. The molecule has 3 heterocycles. The van der Waals surface area contributed by atoms with Crippen LogP contribution in [0.25, 0.3) is 10.7 Å². The SMILES string of the molecule is c1csc(-c2nnn(C[C@@H]3COc4ccccc4O3)n2)c1. The van der Waals surface area contributed by atoms with E-state index < -0.39 is 0 Å². The number of hydrogen-bond acceptors (Lipinski definition) is 6. The highest BCUT2D eigenvalue weighted by molar-refractivity contribution is 7.13. The van der Waals surface area contributed by atoms with Crippen LogP contribution in [0.1, 0.15) is 0 Å². The predicted molar refractivity (Wildman–Crippen MR) is 77.5 cm³/mol. The molecule has 4 rings (SSSR count). The lowest BCUT2D eigenvalue weighted by Crippen LogP contribution is -2.33. The number of para-hydroxylation sites is 2. The molecule has 0 saturated carbocycles. The van der Waals surface area contributed by atoms with Gasteiger partial charge in [0.2, 0.25) is 5.82 Å². The smallest absolute Gasteiger partial charge is 0.214 e. The molecule has 0 unspecified atom stereocenters. The molecule has 0 bridgehead atoms. The maximum absolute atomic E-state index is 5.88. The lowest BCUT2D eigenvalue weighted by molar-refractivity contribution is 0.0722. The van der Waals surface area contributed by atoms with Crippen molar-refractivity contribution >= 4 is 11.3 Å². The van der Waals surface area contributed by atoms with Crippen LogP contribution in [0.15, 0.2) is 41.8 Å². The van der Waals surface area contributed by atoms with Crippen LogP contribution in [0.5, 0.6) is 11.5 Å². The number of nitrogens with zero attached hydrogens (tertiary/aromatic N) is 4. The Morgan fingerprint density at radius 2 is 2.10 bits per heavy atom. The van der Waals surface area contributed by atoms with E-state index in [0.29, 0.717) is 19.0 Å². The quantitative estimate of drug-likeness (QED) is 0.742. The molecule has 0 spiro atoms. The topological polar surface area (TPSA) is 62.1 Å². The summed E-state index contributed by atoms with van der Waals surface area (Å²) in [7, 11) is 0. The third kappa shape index (κ3) is 2.47. The van der Waals surface area contributed by atoms with Gasteiger partial charge in [0.05, 0.1) is 4.88 Å². The molecule has 21 heavy (non-hydrogen) atoms. The number of ether oxygens (including phenoxy) is 2. The molecule has 106 valence electrons. The molecule has 0 fully saturated rings. The molecule has 1 atom stereocenters. The minimum absolute atomic E-state index is 0.120. The van der Waals surface area contributed by atoms with Crippen molar-refractivity contribution in [2.24, 2.45) is 0 Å². The lowest BCUT2D eigenvalue weighted by atomic mass is 10.2. The standard InChI is InChI=1S/C14H12N4O2S/c1-2-5-12-11(4-1)19-9-10(20-12)8-18-16-14(15-17-18)13-6-3-7-21-13/h1-7,10H,8-9H2/t10-/m1/s1. The van der Waals surface area contributed by atoms with Gasteiger partial charge in [0.1, 0.15) is 13.2 Å². The molecule has 1 aromatic carbocycles. The highest BCUT2D eigenvalue weighted by Gasteiger charge is 2.22. The minimum Gasteiger partial charge on any atom is -0.486 e. The monoisotopic (exact) mass is 300 g/mol. The summed E-state index contributed by atoms with van der Waals surface area (Å²) in [5.74, 6) is 2.18. The van der Waals surface area contributed by atoms with Crippen molar-refractivity contribution < 1.29 is 9.47 Å². The summed E-state index contributed by atoms with van der Waals surface area (Å²) in [6.07, 6.45) is -0.120. The Balaban J connectivity index is 1.48. The van der Waals surface area contributed by atoms with Gasteiger partial charge in [0.25, 0.3) is 0 Å². The van der Waals surface area contributed by atoms with Gasteiger partial charge in [-0.3, -0.25) is 0 Å². The molecule has 0 saturated heterocycles. The molecule has 6 nitrogen and oxygen atoms in total. The van der Waals surface area contributed by atoms with E-state index in [1.54, 1.807) is 16.1 Å². The number of benzene rings is 1. The van der Waals surface area contributed by atoms with Gasteiger partial charge in [0, 0.05) is 0 Å². The summed E-state index contributed by atoms with van der Waals surface area (Å²) in [4.78, 5) is 2.56. The summed E-state index contributed by atoms with van der Waals surface area (Å²) in [5.41, 5.74) is 0. The first-order valence-corrected chi connectivity index (χ1v) is 7.46. The molecule has 0 amide bonds. The van der Waals surface area contributed by atoms with Gasteiger partial charge in [-0.2, -0.15) is 4.80 Å². The molecular formula is C14H12N4O2S. The Morgan fingerprint density at radius 1 is 1.19 bits per heavy atom. The van der Waals surface area contributed by atoms with E-state index in [1.807, 2.05) is 41.8 Å². The van der Waals surface area contributed by atoms with E-state index in [-0.39, 0.29) is 6.10 Å². The lowest BCUT2D eigenvalue weighted by Gasteiger charge is -2.25. The van der Waals surface area contributed by atoms with Crippen molar-refractivity contribution in [1.29, 1.82) is 0 Å². The summed E-state index contributed by atoms with van der Waals surface area (Å²) >= 11 is 1.59. The van der Waals surface area contributed by atoms with E-state index in [2.05, 4.69) is 15.4 Å². The first-order valence-electron chi connectivity index (χ1n) is 6.59. The number of hydrogen-bond donors (Lipinski definition) is 0. The number of fused-ring (bicyclic) bond motifs is 1. The van der Waals surface area contributed by atoms with Crippen LogP contribution in [0.2, 0.25) is 0 Å². The average molecular weight is 300 g/mol. The third-order valence-corrected chi connectivity index (χ3v) is 3.99. The van der Waals surface area contributed by atoms with Crippen molar-refractivity contribution in [3.8, 4) is 22.2 Å². The van der Waals surface area contributed by atoms with Gasteiger partial charge in [-0.15, -0.1) is 21.5 Å². The Morgan fingerprint density at radius 3 is 2.95 bits per heavy atom. The average Bonchev–Trinajstić information content (AvgIpc) is 3.18. The maximum Gasteiger partial charge on any atom is 0.214 e. The second kappa shape index (κ2) is 5.17. The first-order chi connectivity index (χ1) is 10.4. The fourth-order valence-corrected chi connectivity index (χ4v) is 2.81. The van der Waals surface area contributed by atoms with Crippen LogP contribution in [0, 0.1) is 0 Å². The maximum atomic E-state index is 5.88. The van der Waals surface area contributed by atoms with Gasteiger partial charge < -0.3 is 9.47 Å². The second-order valence-electron chi connectivity index (χ2n) is 4.64. The molecule has 2 aromatic heterocycles. The molecule has 1 aliphatic rings. The van der Waals surface area contributed by atoms with E-state index in [0.717, 1.165) is 16.4 Å². The van der Waals surface area contributed by atoms with Crippen molar-refractivity contribution in [1.82, 2.24) is 20.2 Å². The molecule has 0 radical (unpaired) electrons. The van der Waals surface area contributed by atoms with Gasteiger partial charge in [0.15, 0.2) is 17.6 Å². The highest BCUT2D eigenvalue weighted by Crippen LogP contribution is 2.31. The first kappa shape index (κ1) is 12.3. The minimum atomic E-state index is -0.120. The van der Waals surface area contributed by atoms with Crippen LogP contribution in [-0.4, -0.2) is 32.9 Å². The second-order valence-corrected chi connectivity index (χ2v) is 5.59. The Labute approximate surface area is 124 Å². The van der Waals surface area contributed by atoms with E-state index in [4.69, 9.17) is 9.47 Å². The Kier molecular flexibility index (Phi) is 3.04. The largest absolute Gasteiger partial charge is 0.486 e. The summed E-state index contributed by atoms with van der Waals surface area (Å²) in [5, 5.41) is 14.5. The van der Waals surface area contributed by atoms with Gasteiger partial charge in [-0.25, -0.2) is 0 Å². The number of aromatic nitrogens is 4. The summed E-state index contributed by atoms with van der Waals surface area (Å²) < 4.78 is 11.6.